The molecule has 1 N–H and O–H groups in total. The Bertz CT molecular complexity index is 1050. The van der Waals surface area contributed by atoms with Crippen molar-refractivity contribution in [3.05, 3.63) is 81.0 Å². The first-order chi connectivity index (χ1) is 14.5. The molecule has 0 fully saturated rings. The van der Waals surface area contributed by atoms with Crippen molar-refractivity contribution in [2.75, 3.05) is 5.32 Å². The van der Waals surface area contributed by atoms with Crippen molar-refractivity contribution in [1.82, 2.24) is 4.90 Å². The number of hydrogen-bond donors (Lipinski definition) is 1. The van der Waals surface area contributed by atoms with Gasteiger partial charge in [-0.05, 0) is 53.8 Å². The molecule has 0 spiro atoms. The molecule has 0 aliphatic carbocycles. The number of nitrogens with one attached hydrogen (secondary N) is 1. The molecular weight excluding hydrogens is 420 g/mol. The van der Waals surface area contributed by atoms with E-state index in [0.29, 0.717) is 40.8 Å². The minimum atomic E-state index is -0.537. The second kappa shape index (κ2) is 8.90. The van der Waals surface area contributed by atoms with Crippen LogP contribution < -0.4 is 10.1 Å². The summed E-state index contributed by atoms with van der Waals surface area (Å²) in [5.41, 5.74) is 2.52. The van der Waals surface area contributed by atoms with E-state index >= 15 is 0 Å². The van der Waals surface area contributed by atoms with E-state index in [9.17, 15) is 9.59 Å². The molecule has 0 radical (unpaired) electrons. The summed E-state index contributed by atoms with van der Waals surface area (Å²) >= 11 is 7.37. The van der Waals surface area contributed by atoms with Crippen LogP contribution in [0.1, 0.15) is 34.1 Å². The molecule has 1 atom stereocenters. The summed E-state index contributed by atoms with van der Waals surface area (Å²) in [4.78, 5) is 27.9. The van der Waals surface area contributed by atoms with Crippen molar-refractivity contribution in [1.29, 1.82) is 0 Å². The van der Waals surface area contributed by atoms with Gasteiger partial charge in [0.2, 0.25) is 0 Å². The van der Waals surface area contributed by atoms with Crippen LogP contribution >= 0.6 is 22.9 Å². The molecule has 0 bridgehead atoms. The normalized spacial score (nSPS) is 15.9. The zero-order valence-electron chi connectivity index (χ0n) is 16.4. The molecule has 7 heteroatoms. The highest BCUT2D eigenvalue weighted by Crippen LogP contribution is 2.30. The third-order valence-corrected chi connectivity index (χ3v) is 6.06. The van der Waals surface area contributed by atoms with Crippen LogP contribution in [0.15, 0.2) is 60.0 Å². The highest BCUT2D eigenvalue weighted by Gasteiger charge is 2.30. The molecule has 5 nitrogen and oxygen atoms in total. The highest BCUT2D eigenvalue weighted by molar-refractivity contribution is 7.12. The van der Waals surface area contributed by atoms with Gasteiger partial charge in [-0.2, -0.15) is 0 Å². The number of thiophene rings is 1. The lowest BCUT2D eigenvalue weighted by Crippen LogP contribution is -2.38. The lowest BCUT2D eigenvalue weighted by Gasteiger charge is -2.23. The number of rotatable bonds is 5. The molecule has 30 heavy (non-hydrogen) atoms. The maximum Gasteiger partial charge on any atom is 0.265 e. The van der Waals surface area contributed by atoms with Gasteiger partial charge < -0.3 is 15.0 Å². The number of anilines is 1. The fourth-order valence-electron chi connectivity index (χ4n) is 3.39. The summed E-state index contributed by atoms with van der Waals surface area (Å²) in [7, 11) is 0. The number of fused-ring (bicyclic) bond motifs is 1. The van der Waals surface area contributed by atoms with Gasteiger partial charge in [0, 0.05) is 29.4 Å². The van der Waals surface area contributed by atoms with Gasteiger partial charge in [0.05, 0.1) is 4.88 Å². The average molecular weight is 441 g/mol. The Labute approximate surface area is 184 Å². The van der Waals surface area contributed by atoms with Crippen molar-refractivity contribution in [3.63, 3.8) is 0 Å². The molecule has 0 saturated heterocycles. The van der Waals surface area contributed by atoms with Crippen LogP contribution in [-0.4, -0.2) is 22.8 Å². The summed E-state index contributed by atoms with van der Waals surface area (Å²) < 4.78 is 6.01. The van der Waals surface area contributed by atoms with Gasteiger partial charge in [-0.3, -0.25) is 9.59 Å². The van der Waals surface area contributed by atoms with E-state index in [2.05, 4.69) is 5.32 Å². The van der Waals surface area contributed by atoms with Gasteiger partial charge in [0.15, 0.2) is 6.10 Å². The lowest BCUT2D eigenvalue weighted by atomic mass is 10.1. The zero-order chi connectivity index (χ0) is 21.1. The molecule has 2 heterocycles. The van der Waals surface area contributed by atoms with Crippen LogP contribution in [0.5, 0.6) is 5.75 Å². The Kier molecular flexibility index (Phi) is 6.06. The molecule has 0 saturated carbocycles. The molecule has 4 rings (SSSR count). The predicted molar refractivity (Wildman–Crippen MR) is 119 cm³/mol. The van der Waals surface area contributed by atoms with E-state index in [1.54, 1.807) is 17.0 Å². The van der Waals surface area contributed by atoms with Gasteiger partial charge in [0.1, 0.15) is 5.75 Å². The lowest BCUT2D eigenvalue weighted by molar-refractivity contribution is -0.139. The van der Waals surface area contributed by atoms with Crippen molar-refractivity contribution in [3.8, 4) is 5.75 Å². The van der Waals surface area contributed by atoms with Crippen molar-refractivity contribution in [2.24, 2.45) is 0 Å². The number of amides is 2. The second-order valence-corrected chi connectivity index (χ2v) is 8.47. The topological polar surface area (TPSA) is 58.6 Å². The Hall–Kier alpha value is -2.83. The van der Waals surface area contributed by atoms with Gasteiger partial charge in [-0.25, -0.2) is 0 Å². The van der Waals surface area contributed by atoms with Crippen LogP contribution in [0.2, 0.25) is 5.02 Å². The molecule has 3 aromatic rings. The zero-order valence-corrected chi connectivity index (χ0v) is 18.0. The molecule has 1 aromatic heterocycles. The standard InChI is InChI=1S/C23H21ClN2O3S/c1-2-19-23(28)26(13-15-5-7-17(24)8-6-15)14-16-12-18(9-10-20(16)29-19)25-22(27)21-4-3-11-30-21/h3-12,19H,2,13-14H2,1H3,(H,25,27)/t19-/m1/s1. The number of ether oxygens (including phenoxy) is 1. The van der Waals surface area contributed by atoms with Gasteiger partial charge >= 0.3 is 0 Å². The van der Waals surface area contributed by atoms with Crippen LogP contribution in [0.25, 0.3) is 0 Å². The van der Waals surface area contributed by atoms with Crippen LogP contribution in [0.3, 0.4) is 0 Å². The summed E-state index contributed by atoms with van der Waals surface area (Å²) in [6.07, 6.45) is 0.0387. The molecule has 2 amide bonds. The summed E-state index contributed by atoms with van der Waals surface area (Å²) in [5.74, 6) is 0.468. The number of carbonyl (C=O) groups is 2. The SMILES string of the molecule is CC[C@H]1Oc2ccc(NC(=O)c3cccs3)cc2CN(Cc2ccc(Cl)cc2)C1=O. The van der Waals surface area contributed by atoms with Gasteiger partial charge in [0.25, 0.3) is 11.8 Å². The fraction of sp³-hybridized carbons (Fsp3) is 0.217. The van der Waals surface area contributed by atoms with Crippen LogP contribution in [0, 0.1) is 0 Å². The monoisotopic (exact) mass is 440 g/mol. The third kappa shape index (κ3) is 4.50. The largest absolute Gasteiger partial charge is 0.480 e. The van der Waals surface area contributed by atoms with E-state index in [1.165, 1.54) is 11.3 Å². The van der Waals surface area contributed by atoms with Gasteiger partial charge in [-0.15, -0.1) is 11.3 Å². The average Bonchev–Trinajstić information content (AvgIpc) is 3.25. The Morgan fingerprint density at radius 3 is 2.73 bits per heavy atom. The summed E-state index contributed by atoms with van der Waals surface area (Å²) in [6, 6.07) is 16.6. The Morgan fingerprint density at radius 2 is 2.03 bits per heavy atom. The molecule has 0 unspecified atom stereocenters. The van der Waals surface area contributed by atoms with E-state index in [0.717, 1.165) is 11.1 Å². The first-order valence-electron chi connectivity index (χ1n) is 9.71. The van der Waals surface area contributed by atoms with Gasteiger partial charge in [-0.1, -0.05) is 36.7 Å². The number of halogens is 1. The third-order valence-electron chi connectivity index (χ3n) is 4.94. The Morgan fingerprint density at radius 1 is 1.23 bits per heavy atom. The molecule has 1 aliphatic heterocycles. The smallest absolute Gasteiger partial charge is 0.265 e. The van der Waals surface area contributed by atoms with Crippen molar-refractivity contribution in [2.45, 2.75) is 32.5 Å². The number of benzene rings is 2. The van der Waals surface area contributed by atoms with Crippen LogP contribution in [0.4, 0.5) is 5.69 Å². The molecule has 1 aliphatic rings. The summed E-state index contributed by atoms with van der Waals surface area (Å²) in [6.45, 7) is 2.79. The minimum absolute atomic E-state index is 0.0483. The maximum absolute atomic E-state index is 13.0. The fourth-order valence-corrected chi connectivity index (χ4v) is 4.13. The molecule has 154 valence electrons. The second-order valence-electron chi connectivity index (χ2n) is 7.09. The first kappa shape index (κ1) is 20.4. The van der Waals surface area contributed by atoms with E-state index in [-0.39, 0.29) is 11.8 Å². The summed E-state index contributed by atoms with van der Waals surface area (Å²) in [5, 5.41) is 5.45. The minimum Gasteiger partial charge on any atom is -0.480 e. The maximum atomic E-state index is 13.0. The molecule has 2 aromatic carbocycles. The number of nitrogens with zero attached hydrogens (tertiary/aromatic N) is 1. The highest BCUT2D eigenvalue weighted by atomic mass is 35.5. The quantitative estimate of drug-likeness (QED) is 0.581. The molecular formula is C23H21ClN2O3S. The predicted octanol–water partition coefficient (Wildman–Crippen LogP) is 5.35. The van der Waals surface area contributed by atoms with Crippen molar-refractivity contribution >= 4 is 40.4 Å². The van der Waals surface area contributed by atoms with E-state index in [4.69, 9.17) is 16.3 Å². The number of carbonyl (C=O) groups excluding carboxylic acids is 2. The van der Waals surface area contributed by atoms with Crippen molar-refractivity contribution < 1.29 is 14.3 Å². The van der Waals surface area contributed by atoms with E-state index < -0.39 is 6.10 Å². The Balaban J connectivity index is 1.59. The number of hydrogen-bond acceptors (Lipinski definition) is 4. The van der Waals surface area contributed by atoms with E-state index in [1.807, 2.05) is 54.8 Å². The van der Waals surface area contributed by atoms with Crippen LogP contribution in [-0.2, 0) is 17.9 Å². The first-order valence-corrected chi connectivity index (χ1v) is 11.0.